The fourth-order valence-electron chi connectivity index (χ4n) is 1.52. The average Bonchev–Trinajstić information content (AvgIpc) is 2.90. The lowest BCUT2D eigenvalue weighted by Crippen LogP contribution is -2.14. The molecule has 6 heteroatoms. The summed E-state index contributed by atoms with van der Waals surface area (Å²) in [4.78, 5) is 26.2. The maximum atomic E-state index is 11.6. The number of aryl methyl sites for hydroxylation is 1. The second kappa shape index (κ2) is 5.81. The molecule has 0 fully saturated rings. The minimum Gasteiger partial charge on any atom is -0.477 e. The van der Waals surface area contributed by atoms with Crippen LogP contribution < -0.4 is 5.32 Å². The lowest BCUT2D eigenvalue weighted by atomic mass is 10.2. The number of hydrogen-bond acceptors (Lipinski definition) is 4. The zero-order chi connectivity index (χ0) is 13.7. The van der Waals surface area contributed by atoms with Crippen molar-refractivity contribution in [1.29, 1.82) is 0 Å². The van der Waals surface area contributed by atoms with Crippen LogP contribution in [0, 0.1) is 0 Å². The number of anilines is 1. The van der Waals surface area contributed by atoms with Gasteiger partial charge < -0.3 is 14.8 Å². The van der Waals surface area contributed by atoms with Crippen LogP contribution in [0.1, 0.15) is 22.7 Å². The van der Waals surface area contributed by atoms with Gasteiger partial charge in [-0.3, -0.25) is 4.79 Å². The molecule has 19 heavy (non-hydrogen) atoms. The zero-order valence-electron chi connectivity index (χ0n) is 10.00. The van der Waals surface area contributed by atoms with Crippen molar-refractivity contribution in [2.75, 3.05) is 5.32 Å². The maximum Gasteiger partial charge on any atom is 0.354 e. The fourth-order valence-corrected chi connectivity index (χ4v) is 1.52. The Kier molecular flexibility index (Phi) is 3.92. The summed E-state index contributed by atoms with van der Waals surface area (Å²) in [5.74, 6) is -0.426. The van der Waals surface area contributed by atoms with Gasteiger partial charge in [0.05, 0.1) is 6.26 Å². The van der Waals surface area contributed by atoms with E-state index in [0.29, 0.717) is 6.42 Å². The van der Waals surface area contributed by atoms with E-state index >= 15 is 0 Å². The van der Waals surface area contributed by atoms with Gasteiger partial charge in [-0.05, 0) is 24.3 Å². The van der Waals surface area contributed by atoms with Gasteiger partial charge in [-0.15, -0.1) is 0 Å². The second-order valence-corrected chi connectivity index (χ2v) is 3.84. The van der Waals surface area contributed by atoms with E-state index in [1.807, 2.05) is 0 Å². The van der Waals surface area contributed by atoms with E-state index in [1.165, 1.54) is 18.2 Å². The summed E-state index contributed by atoms with van der Waals surface area (Å²) in [7, 11) is 0. The van der Waals surface area contributed by atoms with Crippen LogP contribution in [0.4, 0.5) is 5.82 Å². The van der Waals surface area contributed by atoms with Crippen LogP contribution in [0.25, 0.3) is 0 Å². The molecule has 0 radical (unpaired) electrons. The molecule has 0 saturated heterocycles. The SMILES string of the molecule is O=C(CCc1ccco1)Nc1cccc(C(=O)O)n1. The van der Waals surface area contributed by atoms with E-state index in [9.17, 15) is 9.59 Å². The van der Waals surface area contributed by atoms with Crippen LogP contribution in [0.15, 0.2) is 41.0 Å². The highest BCUT2D eigenvalue weighted by atomic mass is 16.4. The Morgan fingerprint density at radius 1 is 1.26 bits per heavy atom. The number of hydrogen-bond donors (Lipinski definition) is 2. The average molecular weight is 260 g/mol. The number of rotatable bonds is 5. The summed E-state index contributed by atoms with van der Waals surface area (Å²) in [6, 6.07) is 7.97. The number of pyridine rings is 1. The number of carbonyl (C=O) groups excluding carboxylic acids is 1. The standard InChI is InChI=1S/C13H12N2O4/c16-12(7-6-9-3-2-8-19-9)15-11-5-1-4-10(14-11)13(17)18/h1-5,8H,6-7H2,(H,17,18)(H,14,15,16). The first-order valence-electron chi connectivity index (χ1n) is 5.68. The van der Waals surface area contributed by atoms with E-state index < -0.39 is 5.97 Å². The first-order chi connectivity index (χ1) is 9.15. The number of nitrogens with zero attached hydrogens (tertiary/aromatic N) is 1. The van der Waals surface area contributed by atoms with E-state index in [4.69, 9.17) is 9.52 Å². The van der Waals surface area contributed by atoms with Gasteiger partial charge >= 0.3 is 5.97 Å². The van der Waals surface area contributed by atoms with Gasteiger partial charge in [0.2, 0.25) is 5.91 Å². The third-order valence-electron chi connectivity index (χ3n) is 2.41. The molecule has 0 aliphatic heterocycles. The number of aromatic carboxylic acids is 1. The molecule has 2 N–H and O–H groups in total. The number of carbonyl (C=O) groups is 2. The lowest BCUT2D eigenvalue weighted by Gasteiger charge is -2.04. The van der Waals surface area contributed by atoms with Crippen LogP contribution in [-0.2, 0) is 11.2 Å². The van der Waals surface area contributed by atoms with Gasteiger partial charge in [-0.1, -0.05) is 6.07 Å². The maximum absolute atomic E-state index is 11.6. The topological polar surface area (TPSA) is 92.4 Å². The van der Waals surface area contributed by atoms with E-state index in [0.717, 1.165) is 5.76 Å². The Morgan fingerprint density at radius 3 is 2.79 bits per heavy atom. The van der Waals surface area contributed by atoms with Crippen LogP contribution >= 0.6 is 0 Å². The monoisotopic (exact) mass is 260 g/mol. The molecule has 2 heterocycles. The molecule has 0 aliphatic rings. The molecule has 0 atom stereocenters. The molecule has 2 aromatic heterocycles. The molecule has 0 bridgehead atoms. The Morgan fingerprint density at radius 2 is 2.11 bits per heavy atom. The van der Waals surface area contributed by atoms with Gasteiger partial charge in [-0.2, -0.15) is 0 Å². The molecule has 6 nitrogen and oxygen atoms in total. The Bertz CT molecular complexity index is 578. The van der Waals surface area contributed by atoms with Crippen molar-refractivity contribution in [3.05, 3.63) is 48.0 Å². The van der Waals surface area contributed by atoms with Crippen LogP contribution in [0.2, 0.25) is 0 Å². The Labute approximate surface area is 109 Å². The smallest absolute Gasteiger partial charge is 0.354 e. The Balaban J connectivity index is 1.91. The molecule has 0 aromatic carbocycles. The number of carboxylic acid groups (broad SMARTS) is 1. The highest BCUT2D eigenvalue weighted by Gasteiger charge is 2.08. The number of carboxylic acids is 1. The molecule has 0 spiro atoms. The molecular weight excluding hydrogens is 248 g/mol. The highest BCUT2D eigenvalue weighted by Crippen LogP contribution is 2.08. The van der Waals surface area contributed by atoms with Crippen molar-refractivity contribution in [3.63, 3.8) is 0 Å². The van der Waals surface area contributed by atoms with Crippen LogP contribution in [0.5, 0.6) is 0 Å². The molecule has 0 saturated carbocycles. The molecule has 98 valence electrons. The predicted molar refractivity (Wildman–Crippen MR) is 66.9 cm³/mol. The van der Waals surface area contributed by atoms with Crippen molar-refractivity contribution in [2.45, 2.75) is 12.8 Å². The molecular formula is C13H12N2O4. The summed E-state index contributed by atoms with van der Waals surface area (Å²) in [6.07, 6.45) is 2.27. The highest BCUT2D eigenvalue weighted by molar-refractivity contribution is 5.91. The van der Waals surface area contributed by atoms with Gasteiger partial charge in [-0.25, -0.2) is 9.78 Å². The lowest BCUT2D eigenvalue weighted by molar-refractivity contribution is -0.116. The first-order valence-corrected chi connectivity index (χ1v) is 5.68. The van der Waals surface area contributed by atoms with Gasteiger partial charge in [0.25, 0.3) is 0 Å². The third kappa shape index (κ3) is 3.67. The van der Waals surface area contributed by atoms with Crippen molar-refractivity contribution < 1.29 is 19.1 Å². The summed E-state index contributed by atoms with van der Waals surface area (Å²) in [5.41, 5.74) is -0.108. The first kappa shape index (κ1) is 12.8. The number of nitrogens with one attached hydrogen (secondary N) is 1. The largest absolute Gasteiger partial charge is 0.477 e. The molecule has 1 amide bonds. The second-order valence-electron chi connectivity index (χ2n) is 3.84. The normalized spacial score (nSPS) is 10.1. The summed E-state index contributed by atoms with van der Waals surface area (Å²) < 4.78 is 5.11. The fraction of sp³-hybridized carbons (Fsp3) is 0.154. The predicted octanol–water partition coefficient (Wildman–Crippen LogP) is 1.94. The minimum absolute atomic E-state index is 0.108. The van der Waals surface area contributed by atoms with Gasteiger partial charge in [0.15, 0.2) is 5.69 Å². The van der Waals surface area contributed by atoms with Crippen molar-refractivity contribution in [2.24, 2.45) is 0 Å². The molecule has 2 rings (SSSR count). The molecule has 0 aliphatic carbocycles. The molecule has 0 unspecified atom stereocenters. The van der Waals surface area contributed by atoms with E-state index in [2.05, 4.69) is 10.3 Å². The minimum atomic E-state index is -1.13. The Hall–Kier alpha value is -2.63. The van der Waals surface area contributed by atoms with Gasteiger partial charge in [0, 0.05) is 12.8 Å². The number of furan rings is 1. The van der Waals surface area contributed by atoms with Crippen LogP contribution in [-0.4, -0.2) is 22.0 Å². The van der Waals surface area contributed by atoms with Crippen LogP contribution in [0.3, 0.4) is 0 Å². The quantitative estimate of drug-likeness (QED) is 0.857. The van der Waals surface area contributed by atoms with Gasteiger partial charge in [0.1, 0.15) is 11.6 Å². The number of aromatic nitrogens is 1. The number of amides is 1. The van der Waals surface area contributed by atoms with E-state index in [-0.39, 0.29) is 23.8 Å². The van der Waals surface area contributed by atoms with Crippen molar-refractivity contribution in [3.8, 4) is 0 Å². The zero-order valence-corrected chi connectivity index (χ0v) is 10.00. The third-order valence-corrected chi connectivity index (χ3v) is 2.41. The van der Waals surface area contributed by atoms with Crippen molar-refractivity contribution in [1.82, 2.24) is 4.98 Å². The summed E-state index contributed by atoms with van der Waals surface area (Å²) >= 11 is 0. The van der Waals surface area contributed by atoms with Crippen molar-refractivity contribution >= 4 is 17.7 Å². The van der Waals surface area contributed by atoms with E-state index in [1.54, 1.807) is 18.4 Å². The molecule has 2 aromatic rings. The summed E-state index contributed by atoms with van der Waals surface area (Å²) in [5, 5.41) is 11.3. The summed E-state index contributed by atoms with van der Waals surface area (Å²) in [6.45, 7) is 0.